The van der Waals surface area contributed by atoms with E-state index in [0.29, 0.717) is 11.5 Å². The van der Waals surface area contributed by atoms with Gasteiger partial charge in [-0.05, 0) is 39.5 Å². The highest BCUT2D eigenvalue weighted by Gasteiger charge is 2.38. The first kappa shape index (κ1) is 16.9. The molecule has 1 saturated heterocycles. The zero-order valence-corrected chi connectivity index (χ0v) is 14.3. The van der Waals surface area contributed by atoms with Crippen molar-refractivity contribution in [3.05, 3.63) is 0 Å². The molecule has 0 radical (unpaired) electrons. The molecule has 114 valence electrons. The lowest BCUT2D eigenvalue weighted by Gasteiger charge is -2.50. The SMILES string of the molecule is COC(C)(C)CCN1CC(C(C)(C)C)NCC1(C)C. The molecule has 19 heavy (non-hydrogen) atoms. The molecule has 1 unspecified atom stereocenters. The Kier molecular flexibility index (Phi) is 5.09. The van der Waals surface area contributed by atoms with Crippen molar-refractivity contribution in [3.8, 4) is 0 Å². The van der Waals surface area contributed by atoms with Gasteiger partial charge in [-0.2, -0.15) is 0 Å². The molecule has 1 heterocycles. The Morgan fingerprint density at radius 1 is 1.21 bits per heavy atom. The first-order valence-corrected chi connectivity index (χ1v) is 7.51. The normalized spacial score (nSPS) is 25.6. The third kappa shape index (κ3) is 4.73. The molecule has 0 aromatic carbocycles. The molecule has 0 amide bonds. The molecule has 3 nitrogen and oxygen atoms in total. The first-order chi connectivity index (χ1) is 8.48. The minimum Gasteiger partial charge on any atom is -0.379 e. The van der Waals surface area contributed by atoms with Crippen LogP contribution in [0, 0.1) is 5.41 Å². The number of hydrogen-bond acceptors (Lipinski definition) is 3. The molecule has 0 aromatic heterocycles. The van der Waals surface area contributed by atoms with Gasteiger partial charge in [0, 0.05) is 38.3 Å². The fourth-order valence-electron chi connectivity index (χ4n) is 2.50. The van der Waals surface area contributed by atoms with Crippen LogP contribution in [-0.4, -0.2) is 48.8 Å². The maximum absolute atomic E-state index is 5.55. The van der Waals surface area contributed by atoms with Crippen molar-refractivity contribution in [2.45, 2.75) is 72.1 Å². The van der Waals surface area contributed by atoms with Gasteiger partial charge in [0.2, 0.25) is 0 Å². The van der Waals surface area contributed by atoms with Gasteiger partial charge in [-0.3, -0.25) is 4.90 Å². The number of piperazine rings is 1. The lowest BCUT2D eigenvalue weighted by molar-refractivity contribution is -0.0176. The van der Waals surface area contributed by atoms with E-state index in [-0.39, 0.29) is 11.1 Å². The molecule has 3 heteroatoms. The molecule has 0 spiro atoms. The molecule has 0 aliphatic carbocycles. The van der Waals surface area contributed by atoms with Crippen molar-refractivity contribution < 1.29 is 4.74 Å². The first-order valence-electron chi connectivity index (χ1n) is 7.51. The van der Waals surface area contributed by atoms with Crippen molar-refractivity contribution in [1.29, 1.82) is 0 Å². The maximum atomic E-state index is 5.55. The summed E-state index contributed by atoms with van der Waals surface area (Å²) >= 11 is 0. The van der Waals surface area contributed by atoms with Gasteiger partial charge in [-0.25, -0.2) is 0 Å². The Balaban J connectivity index is 2.67. The third-order valence-electron chi connectivity index (χ3n) is 4.62. The fourth-order valence-corrected chi connectivity index (χ4v) is 2.50. The maximum Gasteiger partial charge on any atom is 0.0634 e. The summed E-state index contributed by atoms with van der Waals surface area (Å²) in [5.41, 5.74) is 0.509. The van der Waals surface area contributed by atoms with Gasteiger partial charge >= 0.3 is 0 Å². The largest absolute Gasteiger partial charge is 0.379 e. The van der Waals surface area contributed by atoms with Crippen LogP contribution in [0.5, 0.6) is 0 Å². The van der Waals surface area contributed by atoms with Gasteiger partial charge in [0.25, 0.3) is 0 Å². The molecule has 0 saturated carbocycles. The Labute approximate surface area is 120 Å². The van der Waals surface area contributed by atoms with Crippen molar-refractivity contribution in [1.82, 2.24) is 10.2 Å². The Bertz CT molecular complexity index is 292. The number of nitrogens with one attached hydrogen (secondary N) is 1. The summed E-state index contributed by atoms with van der Waals surface area (Å²) in [5.74, 6) is 0. The number of nitrogens with zero attached hydrogens (tertiary/aromatic N) is 1. The molecule has 1 fully saturated rings. The summed E-state index contributed by atoms with van der Waals surface area (Å²) < 4.78 is 5.55. The van der Waals surface area contributed by atoms with Crippen molar-refractivity contribution in [2.75, 3.05) is 26.7 Å². The average molecular weight is 270 g/mol. The topological polar surface area (TPSA) is 24.5 Å². The molecule has 1 atom stereocenters. The van der Waals surface area contributed by atoms with Crippen molar-refractivity contribution in [2.24, 2.45) is 5.41 Å². The van der Waals surface area contributed by atoms with E-state index < -0.39 is 0 Å². The third-order valence-corrected chi connectivity index (χ3v) is 4.62. The molecular weight excluding hydrogens is 236 g/mol. The second kappa shape index (κ2) is 5.71. The summed E-state index contributed by atoms with van der Waals surface area (Å²) in [4.78, 5) is 2.63. The second-order valence-electron chi connectivity index (χ2n) is 8.27. The predicted octanol–water partition coefficient (Wildman–Crippen LogP) is 2.90. The minimum absolute atomic E-state index is 0.0296. The van der Waals surface area contributed by atoms with Crippen LogP contribution < -0.4 is 5.32 Å². The highest BCUT2D eigenvalue weighted by molar-refractivity contribution is 4.97. The van der Waals surface area contributed by atoms with Gasteiger partial charge in [0.15, 0.2) is 0 Å². The Hall–Kier alpha value is -0.120. The quantitative estimate of drug-likeness (QED) is 0.850. The predicted molar refractivity (Wildman–Crippen MR) is 82.6 cm³/mol. The monoisotopic (exact) mass is 270 g/mol. The van der Waals surface area contributed by atoms with E-state index in [9.17, 15) is 0 Å². The second-order valence-corrected chi connectivity index (χ2v) is 8.27. The van der Waals surface area contributed by atoms with Crippen LogP contribution in [0.3, 0.4) is 0 Å². The summed E-state index contributed by atoms with van der Waals surface area (Å²) in [6.07, 6.45) is 1.07. The van der Waals surface area contributed by atoms with E-state index in [0.717, 1.165) is 26.1 Å². The van der Waals surface area contributed by atoms with E-state index >= 15 is 0 Å². The minimum atomic E-state index is -0.0296. The Morgan fingerprint density at radius 2 is 1.79 bits per heavy atom. The number of methoxy groups -OCH3 is 1. The van der Waals surface area contributed by atoms with Crippen LogP contribution in [0.15, 0.2) is 0 Å². The van der Waals surface area contributed by atoms with Gasteiger partial charge < -0.3 is 10.1 Å². The highest BCUT2D eigenvalue weighted by Crippen LogP contribution is 2.28. The van der Waals surface area contributed by atoms with E-state index in [4.69, 9.17) is 4.74 Å². The fraction of sp³-hybridized carbons (Fsp3) is 1.00. The van der Waals surface area contributed by atoms with Crippen molar-refractivity contribution in [3.63, 3.8) is 0 Å². The summed E-state index contributed by atoms with van der Waals surface area (Å²) in [6, 6.07) is 0.561. The van der Waals surface area contributed by atoms with Crippen LogP contribution in [0.2, 0.25) is 0 Å². The lowest BCUT2D eigenvalue weighted by atomic mass is 9.82. The summed E-state index contributed by atoms with van der Waals surface area (Å²) in [6.45, 7) is 19.2. The molecule has 1 rings (SSSR count). The zero-order chi connectivity index (χ0) is 14.9. The van der Waals surface area contributed by atoms with Gasteiger partial charge in [0.1, 0.15) is 0 Å². The van der Waals surface area contributed by atoms with Crippen LogP contribution in [0.4, 0.5) is 0 Å². The highest BCUT2D eigenvalue weighted by atomic mass is 16.5. The van der Waals surface area contributed by atoms with Crippen molar-refractivity contribution >= 4 is 0 Å². The van der Waals surface area contributed by atoms with E-state index in [1.54, 1.807) is 7.11 Å². The average Bonchev–Trinajstić information content (AvgIpc) is 2.25. The van der Waals surface area contributed by atoms with E-state index in [2.05, 4.69) is 58.7 Å². The molecule has 0 aromatic rings. The van der Waals surface area contributed by atoms with E-state index in [1.807, 2.05) is 0 Å². The molecule has 1 aliphatic heterocycles. The van der Waals surface area contributed by atoms with Crippen LogP contribution in [0.1, 0.15) is 54.9 Å². The van der Waals surface area contributed by atoms with Gasteiger partial charge in [-0.1, -0.05) is 20.8 Å². The molecule has 0 bridgehead atoms. The molecule has 1 N–H and O–H groups in total. The Morgan fingerprint density at radius 3 is 2.26 bits per heavy atom. The zero-order valence-electron chi connectivity index (χ0n) is 14.3. The number of hydrogen-bond donors (Lipinski definition) is 1. The van der Waals surface area contributed by atoms with E-state index in [1.165, 1.54) is 0 Å². The van der Waals surface area contributed by atoms with Crippen LogP contribution >= 0.6 is 0 Å². The standard InChI is InChI=1S/C16H34N2O/c1-14(2,3)13-11-18(15(4,5)12-17-13)10-9-16(6,7)19-8/h13,17H,9-12H2,1-8H3. The van der Waals surface area contributed by atoms with Gasteiger partial charge in [0.05, 0.1) is 5.60 Å². The number of ether oxygens (including phenoxy) is 1. The number of rotatable bonds is 4. The smallest absolute Gasteiger partial charge is 0.0634 e. The molecular formula is C16H34N2O. The van der Waals surface area contributed by atoms with Crippen LogP contribution in [0.25, 0.3) is 0 Å². The van der Waals surface area contributed by atoms with Crippen LogP contribution in [-0.2, 0) is 4.74 Å². The molecule has 1 aliphatic rings. The lowest BCUT2D eigenvalue weighted by Crippen LogP contribution is -2.65. The van der Waals surface area contributed by atoms with Gasteiger partial charge in [-0.15, -0.1) is 0 Å². The summed E-state index contributed by atoms with van der Waals surface area (Å²) in [5, 5.41) is 3.72. The summed E-state index contributed by atoms with van der Waals surface area (Å²) in [7, 11) is 1.81.